The van der Waals surface area contributed by atoms with Crippen molar-refractivity contribution < 1.29 is 0 Å². The van der Waals surface area contributed by atoms with E-state index in [-0.39, 0.29) is 11.6 Å². The van der Waals surface area contributed by atoms with Crippen LogP contribution in [0.1, 0.15) is 70.6 Å². The van der Waals surface area contributed by atoms with Crippen LogP contribution in [0.4, 0.5) is 5.13 Å². The zero-order chi connectivity index (χ0) is 15.8. The Morgan fingerprint density at radius 1 is 1.24 bits per heavy atom. The lowest BCUT2D eigenvalue weighted by Crippen LogP contribution is -2.22. The van der Waals surface area contributed by atoms with Crippen molar-refractivity contribution in [2.24, 2.45) is 0 Å². The van der Waals surface area contributed by atoms with Crippen molar-refractivity contribution in [3.8, 4) is 0 Å². The van der Waals surface area contributed by atoms with Gasteiger partial charge in [0.15, 0.2) is 0 Å². The molecule has 2 aromatic heterocycles. The van der Waals surface area contributed by atoms with E-state index < -0.39 is 0 Å². The Labute approximate surface area is 131 Å². The number of aryl methyl sites for hydroxylation is 1. The maximum atomic E-state index is 4.62. The van der Waals surface area contributed by atoms with E-state index in [1.165, 1.54) is 17.1 Å². The van der Waals surface area contributed by atoms with Gasteiger partial charge in [0.05, 0.1) is 17.3 Å². The zero-order valence-electron chi connectivity index (χ0n) is 13.9. The van der Waals surface area contributed by atoms with Gasteiger partial charge in [-0.25, -0.2) is 4.98 Å². The van der Waals surface area contributed by atoms with E-state index in [1.54, 1.807) is 0 Å². The minimum absolute atomic E-state index is 0.00369. The van der Waals surface area contributed by atoms with Crippen molar-refractivity contribution in [3.63, 3.8) is 0 Å². The number of nitrogens with one attached hydrogen (secondary N) is 1. The third kappa shape index (κ3) is 3.61. The summed E-state index contributed by atoms with van der Waals surface area (Å²) in [7, 11) is 0. The van der Waals surface area contributed by atoms with E-state index in [1.807, 2.05) is 4.68 Å². The molecule has 2 heterocycles. The number of hydrogen-bond acceptors (Lipinski definition) is 5. The van der Waals surface area contributed by atoms with Crippen LogP contribution in [0.15, 0.2) is 6.20 Å². The summed E-state index contributed by atoms with van der Waals surface area (Å²) < 4.78 is 6.40. The van der Waals surface area contributed by atoms with Crippen LogP contribution in [0.5, 0.6) is 0 Å². The number of anilines is 1. The summed E-state index contributed by atoms with van der Waals surface area (Å²) in [4.78, 5) is 4.53. The molecule has 0 aromatic carbocycles. The second-order valence-corrected chi connectivity index (χ2v) is 7.52. The van der Waals surface area contributed by atoms with Gasteiger partial charge in [0, 0.05) is 29.2 Å². The summed E-state index contributed by atoms with van der Waals surface area (Å²) in [6.07, 6.45) is 2.12. The molecule has 21 heavy (non-hydrogen) atoms. The van der Waals surface area contributed by atoms with Crippen molar-refractivity contribution in [3.05, 3.63) is 23.3 Å². The highest BCUT2D eigenvalue weighted by Gasteiger charge is 2.20. The van der Waals surface area contributed by atoms with Gasteiger partial charge < -0.3 is 5.32 Å². The summed E-state index contributed by atoms with van der Waals surface area (Å²) in [5.74, 6) is 1.26. The minimum atomic E-state index is -0.00369. The standard InChI is InChI=1S/C15H25N5S/c1-9(2)13-17-14(21-19-13)16-10(3)12-8-20(15(5,6)7)18-11(12)4/h8-10H,1-7H3,(H,16,17,19). The SMILES string of the molecule is Cc1nn(C(C)(C)C)cc1C(C)Nc1nc(C(C)C)ns1. The van der Waals surface area contributed by atoms with Gasteiger partial charge in [0.25, 0.3) is 0 Å². The summed E-state index contributed by atoms with van der Waals surface area (Å²) in [6.45, 7) is 14.9. The number of hydrogen-bond donors (Lipinski definition) is 1. The molecule has 0 saturated heterocycles. The molecule has 0 fully saturated rings. The predicted octanol–water partition coefficient (Wildman–Crippen LogP) is 4.09. The molecule has 6 heteroatoms. The lowest BCUT2D eigenvalue weighted by Gasteiger charge is -2.19. The summed E-state index contributed by atoms with van der Waals surface area (Å²) in [6, 6.07) is 0.161. The Kier molecular flexibility index (Phi) is 4.37. The highest BCUT2D eigenvalue weighted by Crippen LogP contribution is 2.26. The molecule has 5 nitrogen and oxygen atoms in total. The Balaban J connectivity index is 2.16. The van der Waals surface area contributed by atoms with E-state index >= 15 is 0 Å². The molecule has 2 aromatic rings. The third-order valence-corrected chi connectivity index (χ3v) is 4.05. The van der Waals surface area contributed by atoms with E-state index in [0.717, 1.165) is 16.6 Å². The van der Waals surface area contributed by atoms with Crippen LogP contribution in [0.3, 0.4) is 0 Å². The zero-order valence-corrected chi connectivity index (χ0v) is 14.7. The summed E-state index contributed by atoms with van der Waals surface area (Å²) in [5.41, 5.74) is 2.25. The van der Waals surface area contributed by atoms with Crippen LogP contribution in [0.2, 0.25) is 0 Å². The Morgan fingerprint density at radius 2 is 1.90 bits per heavy atom. The first-order chi connectivity index (χ1) is 9.68. The topological polar surface area (TPSA) is 55.6 Å². The fourth-order valence-electron chi connectivity index (χ4n) is 2.03. The van der Waals surface area contributed by atoms with Crippen LogP contribution in [-0.4, -0.2) is 19.1 Å². The highest BCUT2D eigenvalue weighted by atomic mass is 32.1. The highest BCUT2D eigenvalue weighted by molar-refractivity contribution is 7.09. The van der Waals surface area contributed by atoms with Crippen LogP contribution >= 0.6 is 11.5 Å². The summed E-state index contributed by atoms with van der Waals surface area (Å²) >= 11 is 1.42. The van der Waals surface area contributed by atoms with Gasteiger partial charge in [-0.3, -0.25) is 4.68 Å². The molecule has 0 spiro atoms. The molecule has 2 rings (SSSR count). The first-order valence-corrected chi connectivity index (χ1v) is 8.12. The molecule has 116 valence electrons. The molecule has 1 atom stereocenters. The van der Waals surface area contributed by atoms with Gasteiger partial charge >= 0.3 is 0 Å². The van der Waals surface area contributed by atoms with Crippen molar-refractivity contribution in [1.82, 2.24) is 19.1 Å². The quantitative estimate of drug-likeness (QED) is 0.924. The number of rotatable bonds is 4. The van der Waals surface area contributed by atoms with Crippen LogP contribution in [0.25, 0.3) is 0 Å². The maximum absolute atomic E-state index is 4.62. The monoisotopic (exact) mass is 307 g/mol. The average molecular weight is 307 g/mol. The van der Waals surface area contributed by atoms with Crippen molar-refractivity contribution in [2.75, 3.05) is 5.32 Å². The molecule has 0 bridgehead atoms. The Bertz CT molecular complexity index is 606. The molecular weight excluding hydrogens is 282 g/mol. The van der Waals surface area contributed by atoms with E-state index in [9.17, 15) is 0 Å². The van der Waals surface area contributed by atoms with E-state index in [4.69, 9.17) is 0 Å². The van der Waals surface area contributed by atoms with Crippen LogP contribution in [-0.2, 0) is 5.54 Å². The van der Waals surface area contributed by atoms with Gasteiger partial charge in [-0.2, -0.15) is 9.47 Å². The summed E-state index contributed by atoms with van der Waals surface area (Å²) in [5, 5.41) is 8.92. The predicted molar refractivity (Wildman–Crippen MR) is 88.0 cm³/mol. The van der Waals surface area contributed by atoms with Gasteiger partial charge in [0.1, 0.15) is 5.82 Å². The van der Waals surface area contributed by atoms with Gasteiger partial charge in [-0.1, -0.05) is 13.8 Å². The molecule has 0 aliphatic heterocycles. The minimum Gasteiger partial charge on any atom is -0.354 e. The molecule has 1 unspecified atom stereocenters. The van der Waals surface area contributed by atoms with Crippen molar-refractivity contribution in [1.29, 1.82) is 0 Å². The van der Waals surface area contributed by atoms with Crippen molar-refractivity contribution >= 4 is 16.7 Å². The second-order valence-electron chi connectivity index (χ2n) is 6.76. The van der Waals surface area contributed by atoms with Gasteiger partial charge in [-0.05, 0) is 34.6 Å². The largest absolute Gasteiger partial charge is 0.354 e. The van der Waals surface area contributed by atoms with Gasteiger partial charge in [0.2, 0.25) is 5.13 Å². The van der Waals surface area contributed by atoms with Crippen LogP contribution < -0.4 is 5.32 Å². The number of aromatic nitrogens is 4. The molecule has 0 aliphatic rings. The molecule has 0 amide bonds. The number of nitrogens with zero attached hydrogens (tertiary/aromatic N) is 4. The fourth-order valence-corrected chi connectivity index (χ4v) is 2.83. The second kappa shape index (κ2) is 5.75. The molecular formula is C15H25N5S. The maximum Gasteiger partial charge on any atom is 0.203 e. The average Bonchev–Trinajstić information content (AvgIpc) is 2.94. The van der Waals surface area contributed by atoms with Gasteiger partial charge in [-0.15, -0.1) is 0 Å². The normalized spacial score (nSPS) is 13.7. The first kappa shape index (κ1) is 15.9. The molecule has 1 N–H and O–H groups in total. The Hall–Kier alpha value is -1.43. The fraction of sp³-hybridized carbons (Fsp3) is 0.667. The lowest BCUT2D eigenvalue weighted by atomic mass is 10.1. The van der Waals surface area contributed by atoms with E-state index in [2.05, 4.69) is 74.4 Å². The molecule has 0 aliphatic carbocycles. The molecule has 0 radical (unpaired) electrons. The Morgan fingerprint density at radius 3 is 2.38 bits per heavy atom. The first-order valence-electron chi connectivity index (χ1n) is 7.35. The third-order valence-electron chi connectivity index (χ3n) is 3.39. The van der Waals surface area contributed by atoms with E-state index in [0.29, 0.717) is 5.92 Å². The van der Waals surface area contributed by atoms with Crippen LogP contribution in [0, 0.1) is 6.92 Å². The van der Waals surface area contributed by atoms with Crippen molar-refractivity contribution in [2.45, 2.75) is 66.0 Å². The lowest BCUT2D eigenvalue weighted by molar-refractivity contribution is 0.354. The smallest absolute Gasteiger partial charge is 0.203 e. The molecule has 0 saturated carbocycles.